The third-order valence-electron chi connectivity index (χ3n) is 4.12. The van der Waals surface area contributed by atoms with E-state index in [9.17, 15) is 4.79 Å². The van der Waals surface area contributed by atoms with E-state index in [1.54, 1.807) is 23.1 Å². The van der Waals surface area contributed by atoms with Crippen molar-refractivity contribution >= 4 is 22.6 Å². The summed E-state index contributed by atoms with van der Waals surface area (Å²) in [5.41, 5.74) is 7.12. The summed E-state index contributed by atoms with van der Waals surface area (Å²) in [6.07, 6.45) is 1.14. The molecule has 3 rings (SSSR count). The van der Waals surface area contributed by atoms with Crippen LogP contribution in [0, 0.1) is 5.92 Å². The number of hydrogen-bond donors (Lipinski definition) is 1. The molecule has 112 valence electrons. The lowest BCUT2D eigenvalue weighted by Gasteiger charge is -2.20. The van der Waals surface area contributed by atoms with Gasteiger partial charge in [0.15, 0.2) is 5.76 Å². The van der Waals surface area contributed by atoms with E-state index in [1.807, 2.05) is 13.1 Å². The molecule has 1 aliphatic heterocycles. The van der Waals surface area contributed by atoms with Crippen molar-refractivity contribution in [3.8, 4) is 0 Å². The van der Waals surface area contributed by atoms with Gasteiger partial charge < -0.3 is 20.0 Å². The Labute approximate surface area is 124 Å². The van der Waals surface area contributed by atoms with Crippen LogP contribution >= 0.6 is 0 Å². The molecule has 1 aliphatic rings. The molecule has 0 aliphatic carbocycles. The minimum absolute atomic E-state index is 0.0701. The van der Waals surface area contributed by atoms with Gasteiger partial charge in [0.05, 0.1) is 0 Å². The van der Waals surface area contributed by atoms with Crippen LogP contribution in [0.3, 0.4) is 0 Å². The van der Waals surface area contributed by atoms with Gasteiger partial charge in [-0.1, -0.05) is 0 Å². The van der Waals surface area contributed by atoms with Gasteiger partial charge in [-0.2, -0.15) is 0 Å². The smallest absolute Gasteiger partial charge is 0.289 e. The van der Waals surface area contributed by atoms with Gasteiger partial charge in [-0.3, -0.25) is 4.79 Å². The van der Waals surface area contributed by atoms with Crippen LogP contribution in [0.5, 0.6) is 0 Å². The van der Waals surface area contributed by atoms with E-state index in [0.717, 1.165) is 31.4 Å². The largest absolute Gasteiger partial charge is 0.451 e. The summed E-state index contributed by atoms with van der Waals surface area (Å²) in [6, 6.07) is 7.17. The van der Waals surface area contributed by atoms with Crippen LogP contribution in [0.1, 0.15) is 17.0 Å². The lowest BCUT2D eigenvalue weighted by Crippen LogP contribution is -2.32. The number of benzene rings is 1. The average Bonchev–Trinajstić information content (AvgIpc) is 3.03. The Hall–Kier alpha value is -2.01. The Morgan fingerprint density at radius 3 is 3.00 bits per heavy atom. The predicted octanol–water partition coefficient (Wildman–Crippen LogP) is 2.04. The van der Waals surface area contributed by atoms with Crippen LogP contribution in [0.2, 0.25) is 0 Å². The standard InChI is InChI=1S/C16H21N3O2/c1-18-6-5-11(9-18)10-19(2)16(20)15-8-12-7-13(17)3-4-14(12)21-15/h3-4,7-8,11H,5-6,9-10,17H2,1-2H3. The van der Waals surface area contributed by atoms with Crippen LogP contribution < -0.4 is 5.73 Å². The van der Waals surface area contributed by atoms with Gasteiger partial charge in [0, 0.05) is 31.2 Å². The van der Waals surface area contributed by atoms with Crippen molar-refractivity contribution in [3.05, 3.63) is 30.0 Å². The molecule has 1 fully saturated rings. The van der Waals surface area contributed by atoms with Gasteiger partial charge in [-0.25, -0.2) is 0 Å². The van der Waals surface area contributed by atoms with Crippen LogP contribution in [0.15, 0.2) is 28.7 Å². The Balaban J connectivity index is 1.73. The molecule has 0 bridgehead atoms. The van der Waals surface area contributed by atoms with E-state index >= 15 is 0 Å². The highest BCUT2D eigenvalue weighted by Crippen LogP contribution is 2.23. The molecule has 5 nitrogen and oxygen atoms in total. The number of anilines is 1. The molecule has 1 atom stereocenters. The molecule has 1 aromatic heterocycles. The maximum atomic E-state index is 12.5. The first-order valence-electron chi connectivity index (χ1n) is 7.26. The van der Waals surface area contributed by atoms with Crippen LogP contribution in [-0.2, 0) is 0 Å². The van der Waals surface area contributed by atoms with E-state index in [-0.39, 0.29) is 5.91 Å². The summed E-state index contributed by atoms with van der Waals surface area (Å²) >= 11 is 0. The number of carbonyl (C=O) groups excluding carboxylic acids is 1. The Morgan fingerprint density at radius 2 is 2.29 bits per heavy atom. The summed E-state index contributed by atoms with van der Waals surface area (Å²) in [7, 11) is 3.95. The minimum Gasteiger partial charge on any atom is -0.451 e. The van der Waals surface area contributed by atoms with Crippen molar-refractivity contribution in [3.63, 3.8) is 0 Å². The number of amides is 1. The minimum atomic E-state index is -0.0701. The fraction of sp³-hybridized carbons (Fsp3) is 0.438. The molecule has 1 unspecified atom stereocenters. The molecule has 2 heterocycles. The van der Waals surface area contributed by atoms with Crippen LogP contribution in [0.25, 0.3) is 11.0 Å². The summed E-state index contributed by atoms with van der Waals surface area (Å²) in [5, 5.41) is 0.868. The highest BCUT2D eigenvalue weighted by molar-refractivity contribution is 5.96. The number of hydrogen-bond acceptors (Lipinski definition) is 4. The topological polar surface area (TPSA) is 62.7 Å². The number of nitrogens with zero attached hydrogens (tertiary/aromatic N) is 2. The van der Waals surface area contributed by atoms with Crippen molar-refractivity contribution in [1.82, 2.24) is 9.80 Å². The zero-order chi connectivity index (χ0) is 15.0. The molecule has 2 aromatic rings. The van der Waals surface area contributed by atoms with Crippen LogP contribution in [-0.4, -0.2) is 49.4 Å². The lowest BCUT2D eigenvalue weighted by atomic mass is 10.1. The number of carbonyl (C=O) groups is 1. The molecule has 1 amide bonds. The second-order valence-electron chi connectivity index (χ2n) is 6.01. The van der Waals surface area contributed by atoms with Gasteiger partial charge in [-0.15, -0.1) is 0 Å². The highest BCUT2D eigenvalue weighted by atomic mass is 16.3. The summed E-state index contributed by atoms with van der Waals surface area (Å²) in [4.78, 5) is 16.5. The zero-order valence-corrected chi connectivity index (χ0v) is 12.5. The first-order chi connectivity index (χ1) is 10.0. The Morgan fingerprint density at radius 1 is 1.48 bits per heavy atom. The van der Waals surface area contributed by atoms with Crippen molar-refractivity contribution in [2.45, 2.75) is 6.42 Å². The molecule has 21 heavy (non-hydrogen) atoms. The molecular weight excluding hydrogens is 266 g/mol. The maximum absolute atomic E-state index is 12.5. The van der Waals surface area contributed by atoms with Gasteiger partial charge >= 0.3 is 0 Å². The number of nitrogen functional groups attached to an aromatic ring is 1. The van der Waals surface area contributed by atoms with E-state index in [2.05, 4.69) is 11.9 Å². The van der Waals surface area contributed by atoms with Gasteiger partial charge in [-0.05, 0) is 50.2 Å². The van der Waals surface area contributed by atoms with Gasteiger partial charge in [0.25, 0.3) is 5.91 Å². The van der Waals surface area contributed by atoms with Gasteiger partial charge in [0.2, 0.25) is 0 Å². The van der Waals surface area contributed by atoms with E-state index < -0.39 is 0 Å². The highest BCUT2D eigenvalue weighted by Gasteiger charge is 2.24. The van der Waals surface area contributed by atoms with E-state index in [0.29, 0.717) is 22.9 Å². The van der Waals surface area contributed by atoms with Crippen molar-refractivity contribution < 1.29 is 9.21 Å². The molecule has 2 N–H and O–H groups in total. The Bertz CT molecular complexity index is 665. The summed E-state index contributed by atoms with van der Waals surface area (Å²) in [6.45, 7) is 2.92. The maximum Gasteiger partial charge on any atom is 0.289 e. The molecular formula is C16H21N3O2. The van der Waals surface area contributed by atoms with Crippen molar-refractivity contribution in [2.75, 3.05) is 39.5 Å². The Kier molecular flexibility index (Phi) is 3.59. The van der Waals surface area contributed by atoms with E-state index in [4.69, 9.17) is 10.2 Å². The second-order valence-corrected chi connectivity index (χ2v) is 6.01. The second kappa shape index (κ2) is 5.41. The van der Waals surface area contributed by atoms with Gasteiger partial charge in [0.1, 0.15) is 5.58 Å². The number of likely N-dealkylation sites (tertiary alicyclic amines) is 1. The van der Waals surface area contributed by atoms with Crippen molar-refractivity contribution in [2.24, 2.45) is 5.92 Å². The van der Waals surface area contributed by atoms with Crippen LogP contribution in [0.4, 0.5) is 5.69 Å². The molecule has 1 saturated heterocycles. The SMILES string of the molecule is CN1CCC(CN(C)C(=O)c2cc3cc(N)ccc3o2)C1. The molecule has 0 spiro atoms. The average molecular weight is 287 g/mol. The molecule has 1 aromatic carbocycles. The third kappa shape index (κ3) is 2.88. The molecule has 5 heteroatoms. The fourth-order valence-electron chi connectivity index (χ4n) is 3.00. The first-order valence-corrected chi connectivity index (χ1v) is 7.26. The number of furan rings is 1. The molecule has 0 radical (unpaired) electrons. The summed E-state index contributed by atoms with van der Waals surface area (Å²) < 4.78 is 5.63. The number of nitrogens with two attached hydrogens (primary N) is 1. The monoisotopic (exact) mass is 287 g/mol. The lowest BCUT2D eigenvalue weighted by molar-refractivity contribution is 0.0745. The number of rotatable bonds is 3. The van der Waals surface area contributed by atoms with Crippen molar-refractivity contribution in [1.29, 1.82) is 0 Å². The predicted molar refractivity (Wildman–Crippen MR) is 83.2 cm³/mol. The number of fused-ring (bicyclic) bond motifs is 1. The zero-order valence-electron chi connectivity index (χ0n) is 12.5. The third-order valence-corrected chi connectivity index (χ3v) is 4.12. The normalized spacial score (nSPS) is 19.2. The quantitative estimate of drug-likeness (QED) is 0.878. The summed E-state index contributed by atoms with van der Waals surface area (Å²) in [5.74, 6) is 0.854. The van der Waals surface area contributed by atoms with E-state index in [1.165, 1.54) is 0 Å². The molecule has 0 saturated carbocycles. The first kappa shape index (κ1) is 13.9. The fourth-order valence-corrected chi connectivity index (χ4v) is 3.00.